The fraction of sp³-hybridized carbons (Fsp3) is 0.688. The zero-order valence-electron chi connectivity index (χ0n) is 12.3. The van der Waals surface area contributed by atoms with E-state index in [1.165, 1.54) is 19.4 Å². The lowest BCUT2D eigenvalue weighted by molar-refractivity contribution is -0.144. The van der Waals surface area contributed by atoms with Crippen LogP contribution < -0.4 is 4.90 Å². The number of hydrogen-bond donors (Lipinski definition) is 0. The van der Waals surface area contributed by atoms with Crippen LogP contribution in [0.2, 0.25) is 0 Å². The number of hydrogen-bond acceptors (Lipinski definition) is 4. The molecule has 1 aliphatic carbocycles. The first-order valence-corrected chi connectivity index (χ1v) is 8.87. The molecule has 0 atom stereocenters. The van der Waals surface area contributed by atoms with Gasteiger partial charge in [0.1, 0.15) is 6.61 Å². The molecule has 0 bridgehead atoms. The summed E-state index contributed by atoms with van der Waals surface area (Å²) in [6, 6.07) is 2.03. The molecule has 3 aliphatic rings. The highest BCUT2D eigenvalue weighted by molar-refractivity contribution is 7.08. The number of rotatable bonds is 3. The quantitative estimate of drug-likeness (QED) is 0.859. The molecule has 3 heterocycles. The van der Waals surface area contributed by atoms with Crippen LogP contribution in [0.3, 0.4) is 0 Å². The van der Waals surface area contributed by atoms with E-state index in [1.807, 2.05) is 16.3 Å². The van der Waals surface area contributed by atoms with Crippen molar-refractivity contribution in [3.63, 3.8) is 0 Å². The van der Waals surface area contributed by atoms with E-state index in [-0.39, 0.29) is 18.1 Å². The number of amides is 1. The molecular formula is C16H22N2O2S. The zero-order valence-corrected chi connectivity index (χ0v) is 13.1. The van der Waals surface area contributed by atoms with Crippen LogP contribution in [0.4, 0.5) is 5.69 Å². The van der Waals surface area contributed by atoms with Gasteiger partial charge in [0.25, 0.3) is 5.91 Å². The predicted molar refractivity (Wildman–Crippen MR) is 83.8 cm³/mol. The van der Waals surface area contributed by atoms with Crippen LogP contribution in [-0.4, -0.2) is 49.2 Å². The first kappa shape index (κ1) is 13.7. The molecule has 114 valence electrons. The molecule has 1 amide bonds. The maximum absolute atomic E-state index is 12.1. The molecule has 1 spiro atoms. The van der Waals surface area contributed by atoms with Crippen molar-refractivity contribution in [1.29, 1.82) is 0 Å². The summed E-state index contributed by atoms with van der Waals surface area (Å²) >= 11 is 1.64. The summed E-state index contributed by atoms with van der Waals surface area (Å²) < 4.78 is 6.00. The highest BCUT2D eigenvalue weighted by Gasteiger charge is 2.43. The van der Waals surface area contributed by atoms with Gasteiger partial charge in [-0.05, 0) is 43.0 Å². The molecule has 0 radical (unpaired) electrons. The standard InChI is InChI=1S/C16H22N2O2S/c19-15-10-20-16(12-18(15)14-3-8-21-11-14)4-6-17(7-5-16)9-13-1-2-13/h3,8,11,13H,1-2,4-7,9-10,12H2. The second kappa shape index (κ2) is 5.38. The molecule has 1 aromatic rings. The minimum Gasteiger partial charge on any atom is -0.363 e. The monoisotopic (exact) mass is 306 g/mol. The van der Waals surface area contributed by atoms with Crippen molar-refractivity contribution in [3.05, 3.63) is 16.8 Å². The zero-order chi connectivity index (χ0) is 14.3. The van der Waals surface area contributed by atoms with Crippen molar-refractivity contribution in [2.24, 2.45) is 5.92 Å². The lowest BCUT2D eigenvalue weighted by Crippen LogP contribution is -2.59. The summed E-state index contributed by atoms with van der Waals surface area (Å²) in [5, 5.41) is 4.09. The second-order valence-electron chi connectivity index (χ2n) is 6.68. The van der Waals surface area contributed by atoms with E-state index in [0.717, 1.165) is 44.1 Å². The molecule has 1 aromatic heterocycles. The molecule has 5 heteroatoms. The molecule has 21 heavy (non-hydrogen) atoms. The number of likely N-dealkylation sites (tertiary alicyclic amines) is 1. The fourth-order valence-corrected chi connectivity index (χ4v) is 4.11. The van der Waals surface area contributed by atoms with Gasteiger partial charge in [0.2, 0.25) is 0 Å². The minimum atomic E-state index is -0.115. The Morgan fingerprint density at radius 2 is 2.14 bits per heavy atom. The summed E-state index contributed by atoms with van der Waals surface area (Å²) in [5.41, 5.74) is 0.920. The van der Waals surface area contributed by atoms with E-state index in [4.69, 9.17) is 4.74 Å². The summed E-state index contributed by atoms with van der Waals surface area (Å²) in [6.45, 7) is 4.45. The summed E-state index contributed by atoms with van der Waals surface area (Å²) in [5.74, 6) is 1.05. The number of ether oxygens (including phenoxy) is 1. The average molecular weight is 306 g/mol. The number of nitrogens with zero attached hydrogens (tertiary/aromatic N) is 2. The number of anilines is 1. The van der Waals surface area contributed by atoms with E-state index in [2.05, 4.69) is 10.3 Å². The highest BCUT2D eigenvalue weighted by Crippen LogP contribution is 2.35. The van der Waals surface area contributed by atoms with Crippen LogP contribution in [0.1, 0.15) is 25.7 Å². The van der Waals surface area contributed by atoms with Gasteiger partial charge in [0, 0.05) is 25.0 Å². The molecule has 4 nitrogen and oxygen atoms in total. The van der Waals surface area contributed by atoms with E-state index < -0.39 is 0 Å². The number of carbonyl (C=O) groups is 1. The van der Waals surface area contributed by atoms with Gasteiger partial charge in [-0.2, -0.15) is 11.3 Å². The molecule has 2 aliphatic heterocycles. The van der Waals surface area contributed by atoms with Crippen LogP contribution in [0.15, 0.2) is 16.8 Å². The first-order chi connectivity index (χ1) is 10.2. The van der Waals surface area contributed by atoms with Gasteiger partial charge in [0.05, 0.1) is 17.8 Å². The van der Waals surface area contributed by atoms with Crippen molar-refractivity contribution < 1.29 is 9.53 Å². The van der Waals surface area contributed by atoms with Crippen LogP contribution >= 0.6 is 11.3 Å². The van der Waals surface area contributed by atoms with Gasteiger partial charge >= 0.3 is 0 Å². The molecule has 4 rings (SSSR count). The Morgan fingerprint density at radius 1 is 1.33 bits per heavy atom. The van der Waals surface area contributed by atoms with E-state index in [0.29, 0.717) is 0 Å². The Labute approximate surface area is 129 Å². The Kier molecular flexibility index (Phi) is 3.52. The average Bonchev–Trinajstić information content (AvgIpc) is 3.15. The largest absolute Gasteiger partial charge is 0.363 e. The van der Waals surface area contributed by atoms with Crippen LogP contribution in [-0.2, 0) is 9.53 Å². The fourth-order valence-electron chi connectivity index (χ4n) is 3.47. The van der Waals surface area contributed by atoms with Crippen LogP contribution in [0.25, 0.3) is 0 Å². The summed E-state index contributed by atoms with van der Waals surface area (Å²) in [6.07, 6.45) is 4.93. The molecule has 0 N–H and O–H groups in total. The Morgan fingerprint density at radius 3 is 2.81 bits per heavy atom. The van der Waals surface area contributed by atoms with E-state index in [1.54, 1.807) is 11.3 Å². The lowest BCUT2D eigenvalue weighted by Gasteiger charge is -2.46. The Hall–Kier alpha value is -0.910. The van der Waals surface area contributed by atoms with Gasteiger partial charge in [-0.3, -0.25) is 4.79 Å². The number of carbonyl (C=O) groups excluding carboxylic acids is 1. The Balaban J connectivity index is 1.42. The van der Waals surface area contributed by atoms with E-state index in [9.17, 15) is 4.79 Å². The van der Waals surface area contributed by atoms with Gasteiger partial charge < -0.3 is 14.5 Å². The predicted octanol–water partition coefficient (Wildman–Crippen LogP) is 2.36. The molecule has 3 fully saturated rings. The Bertz CT molecular complexity index is 504. The van der Waals surface area contributed by atoms with Gasteiger partial charge in [-0.1, -0.05) is 0 Å². The first-order valence-electron chi connectivity index (χ1n) is 7.93. The topological polar surface area (TPSA) is 32.8 Å². The SMILES string of the molecule is O=C1COC2(CCN(CC3CC3)CC2)CN1c1ccsc1. The summed E-state index contributed by atoms with van der Waals surface area (Å²) in [4.78, 5) is 16.6. The van der Waals surface area contributed by atoms with Crippen LogP contribution in [0, 0.1) is 5.92 Å². The number of morpholine rings is 1. The number of thiophene rings is 1. The molecular weight excluding hydrogens is 284 g/mol. The van der Waals surface area contributed by atoms with Gasteiger partial charge in [0.15, 0.2) is 0 Å². The lowest BCUT2D eigenvalue weighted by atomic mass is 9.89. The van der Waals surface area contributed by atoms with E-state index >= 15 is 0 Å². The number of piperidine rings is 1. The smallest absolute Gasteiger partial charge is 0.253 e. The minimum absolute atomic E-state index is 0.0967. The van der Waals surface area contributed by atoms with Gasteiger partial charge in [-0.15, -0.1) is 0 Å². The van der Waals surface area contributed by atoms with Crippen molar-refractivity contribution >= 4 is 22.9 Å². The van der Waals surface area contributed by atoms with Crippen molar-refractivity contribution in [1.82, 2.24) is 4.90 Å². The third-order valence-electron chi connectivity index (χ3n) is 5.05. The normalized spacial score (nSPS) is 26.5. The third-order valence-corrected chi connectivity index (χ3v) is 5.72. The maximum Gasteiger partial charge on any atom is 0.253 e. The van der Waals surface area contributed by atoms with Gasteiger partial charge in [-0.25, -0.2) is 0 Å². The van der Waals surface area contributed by atoms with Crippen molar-refractivity contribution in [2.45, 2.75) is 31.3 Å². The molecule has 0 unspecified atom stereocenters. The highest BCUT2D eigenvalue weighted by atomic mass is 32.1. The van der Waals surface area contributed by atoms with Crippen molar-refractivity contribution in [2.75, 3.05) is 37.7 Å². The molecule has 2 saturated heterocycles. The maximum atomic E-state index is 12.1. The summed E-state index contributed by atoms with van der Waals surface area (Å²) in [7, 11) is 0. The third kappa shape index (κ3) is 2.87. The van der Waals surface area contributed by atoms with Crippen LogP contribution in [0.5, 0.6) is 0 Å². The van der Waals surface area contributed by atoms with Crippen molar-refractivity contribution in [3.8, 4) is 0 Å². The molecule has 1 saturated carbocycles. The second-order valence-corrected chi connectivity index (χ2v) is 7.46. The molecule has 0 aromatic carbocycles.